The smallest absolute Gasteiger partial charge is 0.0939 e. The van der Waals surface area contributed by atoms with Gasteiger partial charge >= 0.3 is 20.4 Å². The first-order valence-corrected chi connectivity index (χ1v) is 14.7. The average Bonchev–Trinajstić information content (AvgIpc) is 3.39. The minimum Gasteiger partial charge on any atom is -0.0939 e. The Morgan fingerprint density at radius 3 is 1.74 bits per heavy atom. The monoisotopic (exact) mass is 548 g/mol. The summed E-state index contributed by atoms with van der Waals surface area (Å²) in [7, 11) is -18.9. The van der Waals surface area contributed by atoms with Crippen LogP contribution in [-0.2, 0) is 0 Å². The molecule has 0 aliphatic heterocycles. The summed E-state index contributed by atoms with van der Waals surface area (Å²) < 4.78 is 122. The molecule has 3 rings (SSSR count). The van der Waals surface area contributed by atoms with E-state index < -0.39 is 37.2 Å². The Balaban J connectivity index is 0.000000294. The minimum absolute atomic E-state index is 0.0569. The maximum absolute atomic E-state index is 13.0. The van der Waals surface area contributed by atoms with Crippen LogP contribution in [0, 0.1) is 23.0 Å². The zero-order valence-electron chi connectivity index (χ0n) is 18.9. The van der Waals surface area contributed by atoms with E-state index in [1.165, 1.54) is 12.0 Å². The lowest BCUT2D eigenvalue weighted by Crippen LogP contribution is -2.15. The number of unbranched alkanes of at least 4 members (excludes halogenated alkanes) is 3. The van der Waals surface area contributed by atoms with Crippen molar-refractivity contribution in [2.24, 2.45) is 11.8 Å². The first kappa shape index (κ1) is 30.6. The van der Waals surface area contributed by atoms with Crippen LogP contribution in [0.15, 0.2) is 46.9 Å². The second kappa shape index (κ2) is 9.19. The molecule has 0 aromatic heterocycles. The molecule has 200 valence electrons. The second-order valence-electron chi connectivity index (χ2n) is 8.24. The molecule has 0 spiro atoms. The molecule has 0 N–H and O–H groups in total. The Bertz CT molecular complexity index is 902. The Labute approximate surface area is 194 Å². The van der Waals surface area contributed by atoms with Gasteiger partial charge in [-0.1, -0.05) is 108 Å². The van der Waals surface area contributed by atoms with Crippen molar-refractivity contribution in [1.82, 2.24) is 0 Å². The van der Waals surface area contributed by atoms with Crippen molar-refractivity contribution in [3.8, 4) is 11.2 Å². The van der Waals surface area contributed by atoms with Gasteiger partial charge in [-0.2, -0.15) is 0 Å². The lowest BCUT2D eigenvalue weighted by atomic mass is 9.98. The highest BCUT2D eigenvalue weighted by atomic mass is 32.5. The van der Waals surface area contributed by atoms with Crippen molar-refractivity contribution in [3.05, 3.63) is 46.9 Å². The molecule has 2 unspecified atom stereocenters. The Morgan fingerprint density at radius 2 is 1.32 bits per heavy atom. The predicted molar refractivity (Wildman–Crippen MR) is 124 cm³/mol. The summed E-state index contributed by atoms with van der Waals surface area (Å²) >= 11 is 0. The lowest BCUT2D eigenvalue weighted by molar-refractivity contribution is 0.371. The molecule has 12 heteroatoms. The number of hydrogen-bond donors (Lipinski definition) is 0. The average molecular weight is 549 g/mol. The SMILES string of the molecule is C1=CCC=C1.CCCCC#CS(F)(F)(F)(F)F.CCCCC1=C(S(F)(F)(F)(F)F)C2C=CC1C2. The molecule has 0 radical (unpaired) electrons. The van der Waals surface area contributed by atoms with Gasteiger partial charge in [0.25, 0.3) is 0 Å². The normalized spacial score (nSPS) is 24.6. The summed E-state index contributed by atoms with van der Waals surface area (Å²) in [6.07, 6.45) is 14.9. The van der Waals surface area contributed by atoms with Gasteiger partial charge in [-0.15, -0.1) is 0 Å². The van der Waals surface area contributed by atoms with Crippen LogP contribution in [0.4, 0.5) is 38.9 Å². The van der Waals surface area contributed by atoms with Crippen LogP contribution in [0.25, 0.3) is 0 Å². The number of fused-ring (bicyclic) bond motifs is 2. The van der Waals surface area contributed by atoms with E-state index in [-0.39, 0.29) is 30.1 Å². The first-order chi connectivity index (χ1) is 15.1. The predicted octanol–water partition coefficient (Wildman–Crippen LogP) is 11.9. The van der Waals surface area contributed by atoms with Crippen molar-refractivity contribution in [1.29, 1.82) is 0 Å². The third-order valence-corrected chi connectivity index (χ3v) is 6.90. The molecule has 2 atom stereocenters. The fourth-order valence-electron chi connectivity index (χ4n) is 3.63. The van der Waals surface area contributed by atoms with Gasteiger partial charge in [0.05, 0.1) is 10.2 Å². The van der Waals surface area contributed by atoms with Crippen molar-refractivity contribution in [2.75, 3.05) is 0 Å². The van der Waals surface area contributed by atoms with Crippen LogP contribution < -0.4 is 0 Å². The van der Waals surface area contributed by atoms with Gasteiger partial charge in [-0.05, 0) is 37.7 Å². The number of halogens is 10. The fraction of sp³-hybridized carbons (Fsp3) is 0.545. The molecule has 0 heterocycles. The molecule has 0 saturated carbocycles. The fourth-order valence-corrected chi connectivity index (χ4v) is 5.50. The molecule has 34 heavy (non-hydrogen) atoms. The Hall–Kier alpha value is -1.48. The highest BCUT2D eigenvalue weighted by Crippen LogP contribution is 3.04. The van der Waals surface area contributed by atoms with Crippen molar-refractivity contribution in [3.63, 3.8) is 0 Å². The van der Waals surface area contributed by atoms with Crippen LogP contribution in [0.1, 0.15) is 65.2 Å². The van der Waals surface area contributed by atoms with Gasteiger partial charge in [0.15, 0.2) is 0 Å². The molecule has 3 aliphatic rings. The number of rotatable bonds is 6. The van der Waals surface area contributed by atoms with Gasteiger partial charge in [0.2, 0.25) is 0 Å². The van der Waals surface area contributed by atoms with Crippen LogP contribution in [-0.4, -0.2) is 0 Å². The summed E-state index contributed by atoms with van der Waals surface area (Å²) in [6, 6.07) is 0. The Morgan fingerprint density at radius 1 is 0.794 bits per heavy atom. The maximum Gasteiger partial charge on any atom is 0.345 e. The van der Waals surface area contributed by atoms with E-state index in [9.17, 15) is 38.9 Å². The number of hydrogen-bond acceptors (Lipinski definition) is 0. The standard InChI is InChI=1S/C11H15F5S.C6H9F5S.C5H6/c1-2-3-4-10-8-5-6-9(7-8)11(10)17(12,13,14,15)16;1-2-3-4-5-6-12(7,8,9,10)11;1-2-4-5-3-1/h5-6,8-9H,2-4,7H2,1H3;2-4H2,1H3;1-4H,5H2. The van der Waals surface area contributed by atoms with Crippen molar-refractivity contribution >= 4 is 20.4 Å². The van der Waals surface area contributed by atoms with E-state index in [4.69, 9.17) is 0 Å². The molecule has 0 aromatic rings. The maximum atomic E-state index is 13.0. The second-order valence-corrected chi connectivity index (χ2v) is 12.8. The van der Waals surface area contributed by atoms with E-state index in [2.05, 4.69) is 24.3 Å². The molecule has 0 fully saturated rings. The third kappa shape index (κ3) is 11.8. The van der Waals surface area contributed by atoms with Crippen LogP contribution in [0.5, 0.6) is 0 Å². The summed E-state index contributed by atoms with van der Waals surface area (Å²) in [5.41, 5.74) is -0.0569. The first-order valence-electron chi connectivity index (χ1n) is 10.8. The number of allylic oxidation sites excluding steroid dienone is 8. The topological polar surface area (TPSA) is 0 Å². The molecule has 0 amide bonds. The van der Waals surface area contributed by atoms with E-state index in [1.807, 2.05) is 6.92 Å². The molecule has 3 aliphatic carbocycles. The molecule has 0 nitrogen and oxygen atoms in total. The van der Waals surface area contributed by atoms with Crippen LogP contribution in [0.3, 0.4) is 0 Å². The summed E-state index contributed by atoms with van der Waals surface area (Å²) in [4.78, 5) is -1.48. The van der Waals surface area contributed by atoms with E-state index >= 15 is 0 Å². The van der Waals surface area contributed by atoms with Gasteiger partial charge in [-0.3, -0.25) is 0 Å². The molecule has 0 saturated heterocycles. The molecule has 2 bridgehead atoms. The highest BCUT2D eigenvalue weighted by molar-refractivity contribution is 8.49. The molecule has 0 aromatic carbocycles. The zero-order valence-corrected chi connectivity index (χ0v) is 20.5. The van der Waals surface area contributed by atoms with Crippen LogP contribution >= 0.6 is 20.4 Å². The van der Waals surface area contributed by atoms with E-state index in [1.54, 1.807) is 13.0 Å². The quantitative estimate of drug-likeness (QED) is 0.134. The Kier molecular flexibility index (Phi) is 8.26. The zero-order chi connectivity index (χ0) is 26.4. The summed E-state index contributed by atoms with van der Waals surface area (Å²) in [5.74, 6) is -0.0849. The molecular weight excluding hydrogens is 518 g/mol. The molecular formula is C22H30F10S2. The van der Waals surface area contributed by atoms with E-state index in [0.29, 0.717) is 25.7 Å². The van der Waals surface area contributed by atoms with Gasteiger partial charge < -0.3 is 0 Å². The third-order valence-electron chi connectivity index (χ3n) is 4.98. The van der Waals surface area contributed by atoms with Gasteiger partial charge in [-0.25, -0.2) is 0 Å². The summed E-state index contributed by atoms with van der Waals surface area (Å²) in [6.45, 7) is 3.57. The lowest BCUT2D eigenvalue weighted by Gasteiger charge is -2.44. The minimum atomic E-state index is -9.47. The van der Waals surface area contributed by atoms with E-state index in [0.717, 1.165) is 6.42 Å². The largest absolute Gasteiger partial charge is 0.345 e. The van der Waals surface area contributed by atoms with Gasteiger partial charge in [0, 0.05) is 18.3 Å². The van der Waals surface area contributed by atoms with Crippen molar-refractivity contribution < 1.29 is 38.9 Å². The summed E-state index contributed by atoms with van der Waals surface area (Å²) in [5, 5.41) is 0.144. The van der Waals surface area contributed by atoms with Crippen LogP contribution in [0.2, 0.25) is 0 Å². The highest BCUT2D eigenvalue weighted by Gasteiger charge is 2.71. The van der Waals surface area contributed by atoms with Gasteiger partial charge in [0.1, 0.15) is 0 Å². The van der Waals surface area contributed by atoms with Crippen molar-refractivity contribution in [2.45, 2.75) is 65.2 Å².